The van der Waals surface area contributed by atoms with Gasteiger partial charge in [0.2, 0.25) is 5.43 Å². The summed E-state index contributed by atoms with van der Waals surface area (Å²) in [5.74, 6) is -0.884. The van der Waals surface area contributed by atoms with E-state index in [2.05, 4.69) is 0 Å². The Labute approximate surface area is 137 Å². The molecule has 7 nitrogen and oxygen atoms in total. The maximum Gasteiger partial charge on any atom is 0.359 e. The van der Waals surface area contributed by atoms with Gasteiger partial charge < -0.3 is 24.3 Å². The highest BCUT2D eigenvalue weighted by Gasteiger charge is 2.41. The van der Waals surface area contributed by atoms with E-state index in [0.717, 1.165) is 5.56 Å². The number of nitrogens with zero attached hydrogens (tertiary/aromatic N) is 1. The number of hydrogen-bond acceptors (Lipinski definition) is 6. The van der Waals surface area contributed by atoms with Crippen molar-refractivity contribution in [3.63, 3.8) is 0 Å². The maximum absolute atomic E-state index is 12.2. The van der Waals surface area contributed by atoms with Gasteiger partial charge in [-0.2, -0.15) is 0 Å². The lowest BCUT2D eigenvalue weighted by atomic mass is 10.00. The van der Waals surface area contributed by atoms with Crippen LogP contribution in [-0.2, 0) is 16.9 Å². The normalized spacial score (nSPS) is 15.5. The van der Waals surface area contributed by atoms with Crippen LogP contribution < -0.4 is 10.2 Å². The number of rotatable bonds is 5. The molecule has 0 spiro atoms. The Kier molecular flexibility index (Phi) is 4.37. The Morgan fingerprint density at radius 3 is 2.50 bits per heavy atom. The molecule has 0 bridgehead atoms. The van der Waals surface area contributed by atoms with Gasteiger partial charge >= 0.3 is 5.97 Å². The van der Waals surface area contributed by atoms with E-state index in [1.807, 2.05) is 30.3 Å². The summed E-state index contributed by atoms with van der Waals surface area (Å²) in [5.41, 5.74) is -0.963. The van der Waals surface area contributed by atoms with Gasteiger partial charge in [-0.3, -0.25) is 4.79 Å². The Morgan fingerprint density at radius 1 is 1.12 bits per heavy atom. The van der Waals surface area contributed by atoms with Crippen LogP contribution in [0.15, 0.2) is 47.4 Å². The number of aliphatic hydroxyl groups is 2. The van der Waals surface area contributed by atoms with E-state index in [1.54, 1.807) is 0 Å². The first-order chi connectivity index (χ1) is 11.6. The van der Waals surface area contributed by atoms with Gasteiger partial charge in [0.1, 0.15) is 18.8 Å². The predicted molar refractivity (Wildman–Crippen MR) is 83.9 cm³/mol. The molecule has 0 radical (unpaired) electrons. The lowest BCUT2D eigenvalue weighted by molar-refractivity contribution is -0.0271. The molecule has 1 aromatic heterocycles. The summed E-state index contributed by atoms with van der Waals surface area (Å²) in [6.45, 7) is -0.992. The molecule has 0 fully saturated rings. The van der Waals surface area contributed by atoms with Crippen LogP contribution in [0, 0.1) is 0 Å². The van der Waals surface area contributed by atoms with Gasteiger partial charge in [-0.15, -0.1) is 0 Å². The van der Waals surface area contributed by atoms with Crippen LogP contribution in [0.4, 0.5) is 0 Å². The second kappa shape index (κ2) is 6.46. The monoisotopic (exact) mass is 331 g/mol. The van der Waals surface area contributed by atoms with Gasteiger partial charge in [0.25, 0.3) is 0 Å². The fourth-order valence-electron chi connectivity index (χ4n) is 2.61. The van der Waals surface area contributed by atoms with Crippen molar-refractivity contribution in [1.29, 1.82) is 0 Å². The summed E-state index contributed by atoms with van der Waals surface area (Å²) in [7, 11) is 0. The Morgan fingerprint density at radius 2 is 1.83 bits per heavy atom. The third-order valence-corrected chi connectivity index (χ3v) is 4.05. The maximum atomic E-state index is 12.2. The molecule has 1 aliphatic rings. The van der Waals surface area contributed by atoms with Gasteiger partial charge in [-0.1, -0.05) is 30.3 Å². The van der Waals surface area contributed by atoms with Crippen LogP contribution in [0.25, 0.3) is 0 Å². The molecule has 0 aliphatic carbocycles. The molecule has 1 aromatic carbocycles. The SMILES string of the molecule is O=C1OCC(CO)(CO)n2ccc(=O)c(OCc3ccccc3)c21. The van der Waals surface area contributed by atoms with Crippen molar-refractivity contribution in [2.24, 2.45) is 0 Å². The zero-order chi connectivity index (χ0) is 17.2. The Balaban J connectivity index is 2.04. The van der Waals surface area contributed by atoms with E-state index >= 15 is 0 Å². The van der Waals surface area contributed by atoms with Crippen LogP contribution in [0.3, 0.4) is 0 Å². The highest BCUT2D eigenvalue weighted by molar-refractivity contribution is 5.91. The van der Waals surface area contributed by atoms with Gasteiger partial charge in [-0.25, -0.2) is 4.79 Å². The molecule has 0 amide bonds. The van der Waals surface area contributed by atoms with Crippen molar-refractivity contribution in [1.82, 2.24) is 4.57 Å². The topological polar surface area (TPSA) is 98.0 Å². The zero-order valence-corrected chi connectivity index (χ0v) is 12.8. The minimum absolute atomic E-state index is 0.103. The number of ether oxygens (including phenoxy) is 2. The minimum Gasteiger partial charge on any atom is -0.482 e. The Bertz CT molecular complexity index is 794. The molecule has 2 aromatic rings. The van der Waals surface area contributed by atoms with Crippen molar-refractivity contribution in [3.05, 3.63) is 64.1 Å². The highest BCUT2D eigenvalue weighted by Crippen LogP contribution is 2.28. The van der Waals surface area contributed by atoms with E-state index in [0.29, 0.717) is 0 Å². The number of fused-ring (bicyclic) bond motifs is 1. The van der Waals surface area contributed by atoms with E-state index in [9.17, 15) is 19.8 Å². The molecule has 24 heavy (non-hydrogen) atoms. The number of aliphatic hydroxyl groups excluding tert-OH is 2. The van der Waals surface area contributed by atoms with Crippen LogP contribution >= 0.6 is 0 Å². The molecule has 2 N–H and O–H groups in total. The molecule has 0 saturated carbocycles. The lowest BCUT2D eigenvalue weighted by Gasteiger charge is -2.37. The van der Waals surface area contributed by atoms with Gasteiger partial charge in [0.05, 0.1) is 13.2 Å². The molecule has 0 unspecified atom stereocenters. The second-order valence-corrected chi connectivity index (χ2v) is 5.62. The average molecular weight is 331 g/mol. The van der Waals surface area contributed by atoms with E-state index < -0.39 is 30.2 Å². The van der Waals surface area contributed by atoms with E-state index in [1.165, 1.54) is 16.8 Å². The number of aromatic nitrogens is 1. The summed E-state index contributed by atoms with van der Waals surface area (Å²) in [5, 5.41) is 19.3. The van der Waals surface area contributed by atoms with Gasteiger partial charge in [0, 0.05) is 12.3 Å². The quantitative estimate of drug-likeness (QED) is 0.764. The molecule has 2 heterocycles. The molecule has 0 saturated heterocycles. The summed E-state index contributed by atoms with van der Waals surface area (Å²) in [4.78, 5) is 24.3. The van der Waals surface area contributed by atoms with Crippen molar-refractivity contribution in [2.45, 2.75) is 12.1 Å². The van der Waals surface area contributed by atoms with Crippen molar-refractivity contribution in [3.8, 4) is 5.75 Å². The number of hydrogen-bond donors (Lipinski definition) is 2. The summed E-state index contributed by atoms with van der Waals surface area (Å²) in [6.07, 6.45) is 1.36. The van der Waals surface area contributed by atoms with E-state index in [4.69, 9.17) is 9.47 Å². The number of benzene rings is 1. The van der Waals surface area contributed by atoms with Crippen LogP contribution in [-0.4, -0.2) is 40.6 Å². The number of cyclic esters (lactones) is 1. The minimum atomic E-state index is -1.22. The molecule has 126 valence electrons. The van der Waals surface area contributed by atoms with E-state index in [-0.39, 0.29) is 24.7 Å². The summed E-state index contributed by atoms with van der Waals surface area (Å²) in [6, 6.07) is 10.4. The van der Waals surface area contributed by atoms with Gasteiger partial charge in [0.15, 0.2) is 11.4 Å². The third kappa shape index (κ3) is 2.68. The standard InChI is InChI=1S/C17H17NO6/c19-9-17(10-20)11-24-16(22)14-15(13(21)6-7-18(14)17)23-8-12-4-2-1-3-5-12/h1-7,19-20H,8-11H2. The van der Waals surface area contributed by atoms with Crippen molar-refractivity contribution >= 4 is 5.97 Å². The van der Waals surface area contributed by atoms with Crippen LogP contribution in [0.5, 0.6) is 5.75 Å². The van der Waals surface area contributed by atoms with Crippen molar-refractivity contribution in [2.75, 3.05) is 19.8 Å². The third-order valence-electron chi connectivity index (χ3n) is 4.05. The zero-order valence-electron chi connectivity index (χ0n) is 12.8. The largest absolute Gasteiger partial charge is 0.482 e. The first-order valence-electron chi connectivity index (χ1n) is 7.43. The predicted octanol–water partition coefficient (Wildman–Crippen LogP) is 0.278. The molecule has 1 aliphatic heterocycles. The fourth-order valence-corrected chi connectivity index (χ4v) is 2.61. The average Bonchev–Trinajstić information content (AvgIpc) is 2.62. The number of carbonyl (C=O) groups excluding carboxylic acids is 1. The second-order valence-electron chi connectivity index (χ2n) is 5.62. The number of carbonyl (C=O) groups is 1. The fraction of sp³-hybridized carbons (Fsp3) is 0.294. The molecule has 0 atom stereocenters. The first-order valence-corrected chi connectivity index (χ1v) is 7.43. The van der Waals surface area contributed by atoms with Crippen LogP contribution in [0.2, 0.25) is 0 Å². The first kappa shape index (κ1) is 16.2. The van der Waals surface area contributed by atoms with Crippen LogP contribution in [0.1, 0.15) is 16.1 Å². The molecular formula is C17H17NO6. The molecule has 3 rings (SSSR count). The van der Waals surface area contributed by atoms with Gasteiger partial charge in [-0.05, 0) is 5.56 Å². The summed E-state index contributed by atoms with van der Waals surface area (Å²) < 4.78 is 12.0. The number of esters is 1. The van der Waals surface area contributed by atoms with Crippen molar-refractivity contribution < 1.29 is 24.5 Å². The number of pyridine rings is 1. The summed E-state index contributed by atoms with van der Waals surface area (Å²) >= 11 is 0. The molecular weight excluding hydrogens is 314 g/mol. The highest BCUT2D eigenvalue weighted by atomic mass is 16.5. The Hall–Kier alpha value is -2.64. The lowest BCUT2D eigenvalue weighted by Crippen LogP contribution is -2.51. The molecule has 7 heteroatoms. The smallest absolute Gasteiger partial charge is 0.359 e.